The monoisotopic (exact) mass is 230 g/mol. The standard InChI is InChI=1S/C13H14N2S/c1-9-5-3-4-6-12(9)16-13-8-7-11(14)10(2)15-13/h3-8H,14H2,1-2H3. The van der Waals surface area contributed by atoms with Crippen LogP contribution in [0.4, 0.5) is 5.69 Å². The number of aromatic nitrogens is 1. The molecule has 0 spiro atoms. The molecule has 3 heteroatoms. The van der Waals surface area contributed by atoms with Gasteiger partial charge in [-0.25, -0.2) is 4.98 Å². The fourth-order valence-electron chi connectivity index (χ4n) is 1.39. The zero-order valence-electron chi connectivity index (χ0n) is 9.40. The molecule has 0 aliphatic rings. The number of pyridine rings is 1. The molecule has 1 aromatic heterocycles. The van der Waals surface area contributed by atoms with Crippen molar-refractivity contribution >= 4 is 17.4 Å². The van der Waals surface area contributed by atoms with Crippen LogP contribution >= 0.6 is 11.8 Å². The van der Waals surface area contributed by atoms with E-state index < -0.39 is 0 Å². The summed E-state index contributed by atoms with van der Waals surface area (Å²) in [5, 5.41) is 0.987. The number of nitrogen functional groups attached to an aromatic ring is 1. The van der Waals surface area contributed by atoms with Crippen molar-refractivity contribution in [2.75, 3.05) is 5.73 Å². The number of nitrogens with zero attached hydrogens (tertiary/aromatic N) is 1. The molecule has 0 radical (unpaired) electrons. The van der Waals surface area contributed by atoms with E-state index in [0.29, 0.717) is 0 Å². The molecule has 1 aromatic carbocycles. The van der Waals surface area contributed by atoms with E-state index in [-0.39, 0.29) is 0 Å². The van der Waals surface area contributed by atoms with Crippen LogP contribution in [0.5, 0.6) is 0 Å². The van der Waals surface area contributed by atoms with E-state index in [9.17, 15) is 0 Å². The average molecular weight is 230 g/mol. The van der Waals surface area contributed by atoms with Crippen LogP contribution in [0.25, 0.3) is 0 Å². The lowest BCUT2D eigenvalue weighted by Gasteiger charge is -2.06. The van der Waals surface area contributed by atoms with Crippen LogP contribution in [0.3, 0.4) is 0 Å². The fraction of sp³-hybridized carbons (Fsp3) is 0.154. The second-order valence-electron chi connectivity index (χ2n) is 3.69. The summed E-state index contributed by atoms with van der Waals surface area (Å²) in [6, 6.07) is 12.2. The Morgan fingerprint density at radius 3 is 2.50 bits per heavy atom. The van der Waals surface area contributed by atoms with Crippen LogP contribution in [-0.2, 0) is 0 Å². The number of hydrogen-bond acceptors (Lipinski definition) is 3. The van der Waals surface area contributed by atoms with Gasteiger partial charge in [-0.3, -0.25) is 0 Å². The second kappa shape index (κ2) is 4.58. The minimum Gasteiger partial charge on any atom is -0.397 e. The van der Waals surface area contributed by atoms with Gasteiger partial charge < -0.3 is 5.73 Å². The van der Waals surface area contributed by atoms with Gasteiger partial charge in [0.1, 0.15) is 5.03 Å². The van der Waals surface area contributed by atoms with E-state index in [1.54, 1.807) is 11.8 Å². The number of hydrogen-bond donors (Lipinski definition) is 1. The molecule has 0 fully saturated rings. The maximum atomic E-state index is 5.74. The molecule has 0 saturated heterocycles. The topological polar surface area (TPSA) is 38.9 Å². The summed E-state index contributed by atoms with van der Waals surface area (Å²) in [6.45, 7) is 4.03. The van der Waals surface area contributed by atoms with Gasteiger partial charge in [-0.05, 0) is 37.6 Å². The Morgan fingerprint density at radius 1 is 1.06 bits per heavy atom. The highest BCUT2D eigenvalue weighted by molar-refractivity contribution is 7.99. The predicted molar refractivity (Wildman–Crippen MR) is 68.7 cm³/mol. The van der Waals surface area contributed by atoms with Crippen molar-refractivity contribution in [3.63, 3.8) is 0 Å². The first-order chi connectivity index (χ1) is 7.66. The highest BCUT2D eigenvalue weighted by Gasteiger charge is 2.03. The van der Waals surface area contributed by atoms with Gasteiger partial charge in [0.05, 0.1) is 11.4 Å². The van der Waals surface area contributed by atoms with Gasteiger partial charge in [0.15, 0.2) is 0 Å². The summed E-state index contributed by atoms with van der Waals surface area (Å²) in [4.78, 5) is 5.68. The number of benzene rings is 1. The molecular weight excluding hydrogens is 216 g/mol. The molecule has 0 unspecified atom stereocenters. The molecule has 0 bridgehead atoms. The van der Waals surface area contributed by atoms with Crippen molar-refractivity contribution in [1.29, 1.82) is 0 Å². The highest BCUT2D eigenvalue weighted by atomic mass is 32.2. The van der Waals surface area contributed by atoms with E-state index in [1.807, 2.05) is 31.2 Å². The third-order valence-electron chi connectivity index (χ3n) is 2.41. The molecular formula is C13H14N2S. The molecule has 1 heterocycles. The third kappa shape index (κ3) is 2.36. The SMILES string of the molecule is Cc1ccccc1Sc1ccc(N)c(C)n1. The molecule has 0 saturated carbocycles. The van der Waals surface area contributed by atoms with Crippen LogP contribution < -0.4 is 5.73 Å². The molecule has 2 N–H and O–H groups in total. The van der Waals surface area contributed by atoms with E-state index in [4.69, 9.17) is 5.73 Å². The lowest BCUT2D eigenvalue weighted by Crippen LogP contribution is -1.93. The summed E-state index contributed by atoms with van der Waals surface area (Å²) in [5.41, 5.74) is 8.64. The number of rotatable bonds is 2. The molecule has 0 atom stereocenters. The Hall–Kier alpha value is -1.48. The van der Waals surface area contributed by atoms with Gasteiger partial charge >= 0.3 is 0 Å². The Labute approximate surface area is 99.9 Å². The van der Waals surface area contributed by atoms with Crippen molar-refractivity contribution in [2.45, 2.75) is 23.8 Å². The Balaban J connectivity index is 2.28. The summed E-state index contributed by atoms with van der Waals surface area (Å²) >= 11 is 1.67. The van der Waals surface area contributed by atoms with Gasteiger partial charge in [0.25, 0.3) is 0 Å². The average Bonchev–Trinajstić information content (AvgIpc) is 2.27. The van der Waals surface area contributed by atoms with E-state index in [1.165, 1.54) is 10.5 Å². The van der Waals surface area contributed by atoms with Crippen LogP contribution in [0, 0.1) is 13.8 Å². The van der Waals surface area contributed by atoms with E-state index in [0.717, 1.165) is 16.4 Å². The van der Waals surface area contributed by atoms with Crippen LogP contribution in [0.1, 0.15) is 11.3 Å². The molecule has 2 aromatic rings. The van der Waals surface area contributed by atoms with Crippen LogP contribution in [0.2, 0.25) is 0 Å². The first-order valence-electron chi connectivity index (χ1n) is 5.13. The van der Waals surface area contributed by atoms with E-state index in [2.05, 4.69) is 24.0 Å². The zero-order chi connectivity index (χ0) is 11.5. The quantitative estimate of drug-likeness (QED) is 0.859. The maximum absolute atomic E-state index is 5.74. The second-order valence-corrected chi connectivity index (χ2v) is 4.75. The van der Waals surface area contributed by atoms with Crippen molar-refractivity contribution < 1.29 is 0 Å². The van der Waals surface area contributed by atoms with Gasteiger partial charge in [0, 0.05) is 4.90 Å². The number of nitrogens with two attached hydrogens (primary N) is 1. The molecule has 0 aliphatic carbocycles. The molecule has 82 valence electrons. The predicted octanol–water partition coefficient (Wildman–Crippen LogP) is 3.43. The first kappa shape index (κ1) is 11.0. The smallest absolute Gasteiger partial charge is 0.101 e. The number of anilines is 1. The molecule has 16 heavy (non-hydrogen) atoms. The molecule has 2 nitrogen and oxygen atoms in total. The van der Waals surface area contributed by atoms with Crippen molar-refractivity contribution in [3.05, 3.63) is 47.7 Å². The van der Waals surface area contributed by atoms with Gasteiger partial charge in [0.2, 0.25) is 0 Å². The summed E-state index contributed by atoms with van der Waals surface area (Å²) in [6.07, 6.45) is 0. The zero-order valence-corrected chi connectivity index (χ0v) is 10.2. The lowest BCUT2D eigenvalue weighted by atomic mass is 10.2. The summed E-state index contributed by atoms with van der Waals surface area (Å²) in [5.74, 6) is 0. The van der Waals surface area contributed by atoms with E-state index >= 15 is 0 Å². The first-order valence-corrected chi connectivity index (χ1v) is 5.95. The summed E-state index contributed by atoms with van der Waals surface area (Å²) < 4.78 is 0. The molecule has 0 amide bonds. The Bertz CT molecular complexity index is 509. The maximum Gasteiger partial charge on any atom is 0.101 e. The minimum absolute atomic E-state index is 0.745. The summed E-state index contributed by atoms with van der Waals surface area (Å²) in [7, 11) is 0. The number of aryl methyl sites for hydroxylation is 2. The minimum atomic E-state index is 0.745. The largest absolute Gasteiger partial charge is 0.397 e. The van der Waals surface area contributed by atoms with Crippen molar-refractivity contribution in [1.82, 2.24) is 4.98 Å². The lowest BCUT2D eigenvalue weighted by molar-refractivity contribution is 1.07. The van der Waals surface area contributed by atoms with Gasteiger partial charge in [-0.1, -0.05) is 30.0 Å². The molecule has 0 aliphatic heterocycles. The Morgan fingerprint density at radius 2 is 1.81 bits per heavy atom. The van der Waals surface area contributed by atoms with Gasteiger partial charge in [-0.15, -0.1) is 0 Å². The highest BCUT2D eigenvalue weighted by Crippen LogP contribution is 2.29. The van der Waals surface area contributed by atoms with Crippen molar-refractivity contribution in [3.8, 4) is 0 Å². The van der Waals surface area contributed by atoms with Crippen LogP contribution in [-0.4, -0.2) is 4.98 Å². The normalized spacial score (nSPS) is 10.4. The Kier molecular flexibility index (Phi) is 3.15. The molecule has 2 rings (SSSR count). The van der Waals surface area contributed by atoms with Crippen molar-refractivity contribution in [2.24, 2.45) is 0 Å². The fourth-order valence-corrected chi connectivity index (χ4v) is 2.31. The van der Waals surface area contributed by atoms with Crippen LogP contribution in [0.15, 0.2) is 46.3 Å². The third-order valence-corrected chi connectivity index (χ3v) is 3.52. The van der Waals surface area contributed by atoms with Gasteiger partial charge in [-0.2, -0.15) is 0 Å².